The lowest BCUT2D eigenvalue weighted by Gasteiger charge is -2.36. The number of halogens is 1. The maximum Gasteiger partial charge on any atom is 0.307 e. The number of carbonyl (C=O) groups is 2. The standard InChI is InChI=1S/C17H22ClNO3/c1-2-3-10-19(11-12-6-4-5-7-15(12)18)16(20)13-8-9-14(13)17(21)22/h4-7,13-14H,2-3,8-11H2,1H3,(H,21,22). The number of hydrogen-bond donors (Lipinski definition) is 1. The highest BCUT2D eigenvalue weighted by molar-refractivity contribution is 6.31. The number of carboxylic acids is 1. The van der Waals surface area contributed by atoms with Gasteiger partial charge in [0.05, 0.1) is 11.8 Å². The van der Waals surface area contributed by atoms with Crippen molar-refractivity contribution in [3.8, 4) is 0 Å². The summed E-state index contributed by atoms with van der Waals surface area (Å²) in [5, 5.41) is 9.79. The van der Waals surface area contributed by atoms with E-state index in [1.165, 1.54) is 0 Å². The molecule has 120 valence electrons. The molecular formula is C17H22ClNO3. The highest BCUT2D eigenvalue weighted by atomic mass is 35.5. The number of benzene rings is 1. The third-order valence-electron chi connectivity index (χ3n) is 4.32. The fourth-order valence-electron chi connectivity index (χ4n) is 2.77. The van der Waals surface area contributed by atoms with Gasteiger partial charge >= 0.3 is 5.97 Å². The van der Waals surface area contributed by atoms with Crippen LogP contribution in [0.4, 0.5) is 0 Å². The van der Waals surface area contributed by atoms with Gasteiger partial charge in [0, 0.05) is 18.1 Å². The normalized spacial score (nSPS) is 20.3. The Kier molecular flexibility index (Phi) is 5.83. The predicted octanol–water partition coefficient (Wildman–Crippen LogP) is 3.58. The molecule has 2 unspecified atom stereocenters. The van der Waals surface area contributed by atoms with E-state index in [0.717, 1.165) is 18.4 Å². The van der Waals surface area contributed by atoms with Gasteiger partial charge in [0.2, 0.25) is 5.91 Å². The number of unbranched alkanes of at least 4 members (excludes halogenated alkanes) is 1. The van der Waals surface area contributed by atoms with E-state index >= 15 is 0 Å². The molecule has 1 aliphatic rings. The number of amides is 1. The third-order valence-corrected chi connectivity index (χ3v) is 4.69. The Hall–Kier alpha value is -1.55. The molecule has 0 saturated heterocycles. The van der Waals surface area contributed by atoms with Gasteiger partial charge in [-0.15, -0.1) is 0 Å². The van der Waals surface area contributed by atoms with Crippen molar-refractivity contribution in [2.45, 2.75) is 39.2 Å². The van der Waals surface area contributed by atoms with Crippen LogP contribution in [0, 0.1) is 11.8 Å². The van der Waals surface area contributed by atoms with Crippen LogP contribution in [0.2, 0.25) is 5.02 Å². The molecule has 1 saturated carbocycles. The van der Waals surface area contributed by atoms with Crippen molar-refractivity contribution in [3.05, 3.63) is 34.9 Å². The van der Waals surface area contributed by atoms with Crippen LogP contribution in [0.1, 0.15) is 38.2 Å². The Balaban J connectivity index is 2.10. The van der Waals surface area contributed by atoms with Crippen LogP contribution in [0.15, 0.2) is 24.3 Å². The third kappa shape index (κ3) is 3.80. The van der Waals surface area contributed by atoms with E-state index in [9.17, 15) is 9.59 Å². The van der Waals surface area contributed by atoms with E-state index in [2.05, 4.69) is 6.92 Å². The second kappa shape index (κ2) is 7.63. The van der Waals surface area contributed by atoms with Gasteiger partial charge in [-0.05, 0) is 30.9 Å². The minimum absolute atomic E-state index is 0.0491. The van der Waals surface area contributed by atoms with Gasteiger partial charge in [0.25, 0.3) is 0 Å². The fraction of sp³-hybridized carbons (Fsp3) is 0.529. The molecule has 0 bridgehead atoms. The highest BCUT2D eigenvalue weighted by Crippen LogP contribution is 2.36. The van der Waals surface area contributed by atoms with Gasteiger partial charge in [0.1, 0.15) is 0 Å². The molecule has 1 fully saturated rings. The van der Waals surface area contributed by atoms with E-state index in [1.807, 2.05) is 24.3 Å². The smallest absolute Gasteiger partial charge is 0.307 e. The Morgan fingerprint density at radius 2 is 1.95 bits per heavy atom. The Labute approximate surface area is 136 Å². The first kappa shape index (κ1) is 16.8. The number of nitrogens with zero attached hydrogens (tertiary/aromatic N) is 1. The maximum atomic E-state index is 12.7. The number of carboxylic acid groups (broad SMARTS) is 1. The molecule has 2 rings (SSSR count). The van der Waals surface area contributed by atoms with Crippen molar-refractivity contribution in [3.63, 3.8) is 0 Å². The van der Waals surface area contributed by atoms with E-state index < -0.39 is 11.9 Å². The average molecular weight is 324 g/mol. The molecule has 0 spiro atoms. The summed E-state index contributed by atoms with van der Waals surface area (Å²) >= 11 is 6.18. The molecule has 1 N–H and O–H groups in total. The summed E-state index contributed by atoms with van der Waals surface area (Å²) in [5.41, 5.74) is 0.903. The zero-order chi connectivity index (χ0) is 16.1. The minimum atomic E-state index is -0.863. The summed E-state index contributed by atoms with van der Waals surface area (Å²) in [7, 11) is 0. The molecule has 1 amide bonds. The lowest BCUT2D eigenvalue weighted by Crippen LogP contribution is -2.46. The maximum absolute atomic E-state index is 12.7. The first-order valence-corrected chi connectivity index (χ1v) is 8.17. The van der Waals surface area contributed by atoms with Crippen LogP contribution in [0.25, 0.3) is 0 Å². The first-order valence-electron chi connectivity index (χ1n) is 7.79. The number of aliphatic carboxylic acids is 1. The van der Waals surface area contributed by atoms with Gasteiger partial charge in [-0.3, -0.25) is 9.59 Å². The summed E-state index contributed by atoms with van der Waals surface area (Å²) in [6, 6.07) is 7.47. The van der Waals surface area contributed by atoms with Gasteiger partial charge < -0.3 is 10.0 Å². The van der Waals surface area contributed by atoms with Gasteiger partial charge in [-0.2, -0.15) is 0 Å². The largest absolute Gasteiger partial charge is 0.481 e. The van der Waals surface area contributed by atoms with Crippen LogP contribution < -0.4 is 0 Å². The summed E-state index contributed by atoms with van der Waals surface area (Å²) in [4.78, 5) is 25.6. The molecule has 1 aliphatic carbocycles. The molecule has 0 aromatic heterocycles. The molecule has 1 aromatic carbocycles. The van der Waals surface area contributed by atoms with Crippen LogP contribution in [0.5, 0.6) is 0 Å². The quantitative estimate of drug-likeness (QED) is 0.834. The Morgan fingerprint density at radius 1 is 1.27 bits per heavy atom. The lowest BCUT2D eigenvalue weighted by molar-refractivity contribution is -0.157. The summed E-state index contributed by atoms with van der Waals surface area (Å²) in [6.45, 7) is 3.16. The fourth-order valence-corrected chi connectivity index (χ4v) is 2.97. The number of carbonyl (C=O) groups excluding carboxylic acids is 1. The Morgan fingerprint density at radius 3 is 2.50 bits per heavy atom. The van der Waals surface area contributed by atoms with Gasteiger partial charge in [-0.25, -0.2) is 0 Å². The zero-order valence-corrected chi connectivity index (χ0v) is 13.6. The lowest BCUT2D eigenvalue weighted by atomic mass is 9.73. The van der Waals surface area contributed by atoms with E-state index in [1.54, 1.807) is 4.90 Å². The zero-order valence-electron chi connectivity index (χ0n) is 12.8. The van der Waals surface area contributed by atoms with Crippen molar-refractivity contribution < 1.29 is 14.7 Å². The predicted molar refractivity (Wildman–Crippen MR) is 85.6 cm³/mol. The molecule has 0 heterocycles. The molecule has 0 aliphatic heterocycles. The van der Waals surface area contributed by atoms with E-state index in [-0.39, 0.29) is 11.8 Å². The van der Waals surface area contributed by atoms with Crippen molar-refractivity contribution in [2.75, 3.05) is 6.54 Å². The average Bonchev–Trinajstić information content (AvgIpc) is 2.43. The van der Waals surface area contributed by atoms with Crippen LogP contribution in [-0.2, 0) is 16.1 Å². The summed E-state index contributed by atoms with van der Waals surface area (Å²) < 4.78 is 0. The molecule has 1 aromatic rings. The molecule has 2 atom stereocenters. The second-order valence-electron chi connectivity index (χ2n) is 5.83. The highest BCUT2D eigenvalue weighted by Gasteiger charge is 2.43. The number of rotatable bonds is 7. The SMILES string of the molecule is CCCCN(Cc1ccccc1Cl)C(=O)C1CCC1C(=O)O. The summed E-state index contributed by atoms with van der Waals surface area (Å²) in [5.74, 6) is -1.82. The van der Waals surface area contributed by atoms with Crippen molar-refractivity contribution in [1.82, 2.24) is 4.90 Å². The van der Waals surface area contributed by atoms with E-state index in [4.69, 9.17) is 16.7 Å². The molecule has 4 nitrogen and oxygen atoms in total. The van der Waals surface area contributed by atoms with Crippen LogP contribution in [-0.4, -0.2) is 28.4 Å². The monoisotopic (exact) mass is 323 g/mol. The van der Waals surface area contributed by atoms with Crippen molar-refractivity contribution in [1.29, 1.82) is 0 Å². The molecule has 0 radical (unpaired) electrons. The molecule has 5 heteroatoms. The minimum Gasteiger partial charge on any atom is -0.481 e. The summed E-state index contributed by atoms with van der Waals surface area (Å²) in [6.07, 6.45) is 3.15. The van der Waals surface area contributed by atoms with Gasteiger partial charge in [-0.1, -0.05) is 43.1 Å². The van der Waals surface area contributed by atoms with Crippen molar-refractivity contribution in [2.24, 2.45) is 11.8 Å². The number of hydrogen-bond acceptors (Lipinski definition) is 2. The Bertz CT molecular complexity index is 546. The topological polar surface area (TPSA) is 57.6 Å². The van der Waals surface area contributed by atoms with Crippen LogP contribution >= 0.6 is 11.6 Å². The molecular weight excluding hydrogens is 302 g/mol. The van der Waals surface area contributed by atoms with Crippen LogP contribution in [0.3, 0.4) is 0 Å². The van der Waals surface area contributed by atoms with E-state index in [0.29, 0.717) is 31.0 Å². The van der Waals surface area contributed by atoms with Crippen molar-refractivity contribution >= 4 is 23.5 Å². The second-order valence-corrected chi connectivity index (χ2v) is 6.24. The van der Waals surface area contributed by atoms with Gasteiger partial charge in [0.15, 0.2) is 0 Å². The first-order chi connectivity index (χ1) is 10.5. The molecule has 22 heavy (non-hydrogen) atoms.